The normalized spacial score (nSPS) is 12.2. The average molecular weight is 279 g/mol. The van der Waals surface area contributed by atoms with Crippen molar-refractivity contribution in [3.63, 3.8) is 0 Å². The fraction of sp³-hybridized carbons (Fsp3) is 0.750. The van der Waals surface area contributed by atoms with Gasteiger partial charge in [0.25, 0.3) is 0 Å². The Morgan fingerprint density at radius 1 is 1.42 bits per heavy atom. The molecule has 4 nitrogen and oxygen atoms in total. The number of nitrogens with one attached hydrogen (secondary N) is 1. The highest BCUT2D eigenvalue weighted by molar-refractivity contribution is 5.28. The standard InChI is InChI=1S/C12H20F3N3O/c1-9(2)6-18-7-10(3)17-11(18)16-4-5-19-8-12(13,14)15/h7,9H,4-6,8H2,1-3H3,(H,16,17). The average Bonchev–Trinajstić information content (AvgIpc) is 2.55. The molecule has 1 heterocycles. The summed E-state index contributed by atoms with van der Waals surface area (Å²) in [7, 11) is 0. The second-order valence-electron chi connectivity index (χ2n) is 4.85. The van der Waals surface area contributed by atoms with Gasteiger partial charge >= 0.3 is 6.18 Å². The summed E-state index contributed by atoms with van der Waals surface area (Å²) in [5.41, 5.74) is 0.874. The molecule has 1 aromatic heterocycles. The van der Waals surface area contributed by atoms with Crippen LogP contribution in [0.2, 0.25) is 0 Å². The van der Waals surface area contributed by atoms with Crippen LogP contribution in [0, 0.1) is 12.8 Å². The van der Waals surface area contributed by atoms with E-state index < -0.39 is 12.8 Å². The third kappa shape index (κ3) is 6.47. The summed E-state index contributed by atoms with van der Waals surface area (Å²) >= 11 is 0. The summed E-state index contributed by atoms with van der Waals surface area (Å²) in [5, 5.41) is 2.99. The maximum Gasteiger partial charge on any atom is 0.411 e. The number of hydrogen-bond donors (Lipinski definition) is 1. The van der Waals surface area contributed by atoms with E-state index in [1.54, 1.807) is 0 Å². The maximum absolute atomic E-state index is 11.9. The van der Waals surface area contributed by atoms with E-state index in [-0.39, 0.29) is 6.61 Å². The van der Waals surface area contributed by atoms with Crippen molar-refractivity contribution in [3.8, 4) is 0 Å². The predicted octanol–water partition coefficient (Wildman–Crippen LogP) is 2.84. The molecule has 0 atom stereocenters. The van der Waals surface area contributed by atoms with Crippen molar-refractivity contribution >= 4 is 5.95 Å². The Morgan fingerprint density at radius 3 is 2.68 bits per heavy atom. The van der Waals surface area contributed by atoms with Gasteiger partial charge in [-0.05, 0) is 12.8 Å². The number of alkyl halides is 3. The van der Waals surface area contributed by atoms with Gasteiger partial charge in [0.1, 0.15) is 6.61 Å². The number of nitrogens with zero attached hydrogens (tertiary/aromatic N) is 2. The second-order valence-corrected chi connectivity index (χ2v) is 4.85. The minimum atomic E-state index is -4.27. The SMILES string of the molecule is Cc1cn(CC(C)C)c(NCCOCC(F)(F)F)n1. The van der Waals surface area contributed by atoms with Crippen molar-refractivity contribution in [2.24, 2.45) is 5.92 Å². The molecule has 0 bridgehead atoms. The molecule has 110 valence electrons. The van der Waals surface area contributed by atoms with Crippen LogP contribution in [0.15, 0.2) is 6.20 Å². The van der Waals surface area contributed by atoms with Crippen LogP contribution in [-0.2, 0) is 11.3 Å². The van der Waals surface area contributed by atoms with Crippen molar-refractivity contribution in [2.45, 2.75) is 33.5 Å². The Hall–Kier alpha value is -1.24. The molecule has 7 heteroatoms. The van der Waals surface area contributed by atoms with Gasteiger partial charge in [0, 0.05) is 19.3 Å². The molecule has 1 rings (SSSR count). The lowest BCUT2D eigenvalue weighted by molar-refractivity contribution is -0.172. The summed E-state index contributed by atoms with van der Waals surface area (Å²) < 4.78 is 42.0. The first-order valence-electron chi connectivity index (χ1n) is 6.20. The zero-order chi connectivity index (χ0) is 14.5. The molecule has 0 radical (unpaired) electrons. The van der Waals surface area contributed by atoms with E-state index in [1.807, 2.05) is 17.7 Å². The number of aryl methyl sites for hydroxylation is 1. The highest BCUT2D eigenvalue weighted by Crippen LogP contribution is 2.14. The molecule has 0 fully saturated rings. The highest BCUT2D eigenvalue weighted by atomic mass is 19.4. The quantitative estimate of drug-likeness (QED) is 0.780. The van der Waals surface area contributed by atoms with Gasteiger partial charge in [-0.3, -0.25) is 0 Å². The van der Waals surface area contributed by atoms with Crippen LogP contribution in [0.4, 0.5) is 19.1 Å². The van der Waals surface area contributed by atoms with Gasteiger partial charge in [0.05, 0.1) is 12.3 Å². The zero-order valence-electron chi connectivity index (χ0n) is 11.4. The molecule has 0 saturated heterocycles. The second kappa shape index (κ2) is 6.79. The molecular weight excluding hydrogens is 259 g/mol. The van der Waals surface area contributed by atoms with Crippen molar-refractivity contribution in [1.29, 1.82) is 0 Å². The molecule has 0 aliphatic rings. The van der Waals surface area contributed by atoms with Crippen molar-refractivity contribution in [3.05, 3.63) is 11.9 Å². The minimum absolute atomic E-state index is 0.00685. The maximum atomic E-state index is 11.9. The van der Waals surface area contributed by atoms with E-state index >= 15 is 0 Å². The summed E-state index contributed by atoms with van der Waals surface area (Å²) in [6, 6.07) is 0. The molecule has 1 aromatic rings. The molecule has 0 aliphatic heterocycles. The van der Waals surface area contributed by atoms with Crippen molar-refractivity contribution in [2.75, 3.05) is 25.1 Å². The lowest BCUT2D eigenvalue weighted by atomic mass is 10.2. The van der Waals surface area contributed by atoms with Crippen LogP contribution in [0.25, 0.3) is 0 Å². The molecule has 19 heavy (non-hydrogen) atoms. The first-order chi connectivity index (χ1) is 8.78. The summed E-state index contributed by atoms with van der Waals surface area (Å²) in [6.07, 6.45) is -2.36. The fourth-order valence-corrected chi connectivity index (χ4v) is 1.64. The Balaban J connectivity index is 2.36. The van der Waals surface area contributed by atoms with Gasteiger partial charge in [-0.15, -0.1) is 0 Å². The van der Waals surface area contributed by atoms with Crippen LogP contribution in [-0.4, -0.2) is 35.5 Å². The number of aromatic nitrogens is 2. The van der Waals surface area contributed by atoms with Crippen LogP contribution in [0.1, 0.15) is 19.5 Å². The number of anilines is 1. The van der Waals surface area contributed by atoms with Crippen molar-refractivity contribution < 1.29 is 17.9 Å². The van der Waals surface area contributed by atoms with E-state index in [9.17, 15) is 13.2 Å². The molecule has 0 amide bonds. The lowest BCUT2D eigenvalue weighted by Crippen LogP contribution is -2.21. The third-order valence-corrected chi connectivity index (χ3v) is 2.25. The van der Waals surface area contributed by atoms with E-state index in [0.717, 1.165) is 12.2 Å². The first-order valence-corrected chi connectivity index (χ1v) is 6.20. The Bertz CT molecular complexity index is 388. The van der Waals surface area contributed by atoms with Gasteiger partial charge in [0.15, 0.2) is 0 Å². The first kappa shape index (κ1) is 15.8. The van der Waals surface area contributed by atoms with E-state index in [4.69, 9.17) is 0 Å². The van der Waals surface area contributed by atoms with Gasteiger partial charge < -0.3 is 14.6 Å². The number of halogens is 3. The molecule has 0 spiro atoms. The minimum Gasteiger partial charge on any atom is -0.370 e. The number of hydrogen-bond acceptors (Lipinski definition) is 3. The number of rotatable bonds is 7. The van der Waals surface area contributed by atoms with Crippen molar-refractivity contribution in [1.82, 2.24) is 9.55 Å². The van der Waals surface area contributed by atoms with Crippen LogP contribution in [0.5, 0.6) is 0 Å². The van der Waals surface area contributed by atoms with Crippen LogP contribution in [0.3, 0.4) is 0 Å². The summed E-state index contributed by atoms with van der Waals surface area (Å²) in [6.45, 7) is 5.94. The number of imidazole rings is 1. The van der Waals surface area contributed by atoms with Gasteiger partial charge in [-0.1, -0.05) is 13.8 Å². The molecule has 0 unspecified atom stereocenters. The molecule has 0 aliphatic carbocycles. The molecule has 0 saturated carbocycles. The highest BCUT2D eigenvalue weighted by Gasteiger charge is 2.27. The Morgan fingerprint density at radius 2 is 2.11 bits per heavy atom. The van der Waals surface area contributed by atoms with E-state index in [0.29, 0.717) is 18.4 Å². The molecule has 1 N–H and O–H groups in total. The van der Waals surface area contributed by atoms with Gasteiger partial charge in [0.2, 0.25) is 5.95 Å². The zero-order valence-corrected chi connectivity index (χ0v) is 11.4. The monoisotopic (exact) mass is 279 g/mol. The topological polar surface area (TPSA) is 39.1 Å². The van der Waals surface area contributed by atoms with Gasteiger partial charge in [-0.2, -0.15) is 13.2 Å². The fourth-order valence-electron chi connectivity index (χ4n) is 1.64. The summed E-state index contributed by atoms with van der Waals surface area (Å²) in [4.78, 5) is 4.28. The number of ether oxygens (including phenoxy) is 1. The smallest absolute Gasteiger partial charge is 0.370 e. The van der Waals surface area contributed by atoms with Crippen LogP contribution < -0.4 is 5.32 Å². The largest absolute Gasteiger partial charge is 0.411 e. The predicted molar refractivity (Wildman–Crippen MR) is 67.2 cm³/mol. The Kier molecular flexibility index (Phi) is 5.65. The van der Waals surface area contributed by atoms with E-state index in [2.05, 4.69) is 28.9 Å². The Labute approximate surface area is 111 Å². The van der Waals surface area contributed by atoms with E-state index in [1.165, 1.54) is 0 Å². The molecule has 0 aromatic carbocycles. The van der Waals surface area contributed by atoms with Gasteiger partial charge in [-0.25, -0.2) is 4.98 Å². The summed E-state index contributed by atoms with van der Waals surface area (Å²) in [5.74, 6) is 1.14. The van der Waals surface area contributed by atoms with Crippen LogP contribution >= 0.6 is 0 Å². The third-order valence-electron chi connectivity index (χ3n) is 2.25. The lowest BCUT2D eigenvalue weighted by Gasteiger charge is -2.12. The molecular formula is C12H20F3N3O.